The van der Waals surface area contributed by atoms with Crippen molar-refractivity contribution in [1.82, 2.24) is 0 Å². The normalized spacial score (nSPS) is 62.6. The fraction of sp³-hybridized carbons (Fsp3) is 0.727. The maximum absolute atomic E-state index is 11.9. The number of fused-ring (bicyclic) bond motifs is 6. The van der Waals surface area contributed by atoms with Gasteiger partial charge in [-0.3, -0.25) is 4.79 Å². The Kier molecular flexibility index (Phi) is 1.15. The van der Waals surface area contributed by atoms with Crippen LogP contribution in [0.2, 0.25) is 0 Å². The second kappa shape index (κ2) is 2.12. The van der Waals surface area contributed by atoms with E-state index >= 15 is 0 Å². The lowest BCUT2D eigenvalue weighted by molar-refractivity contribution is -0.129. The third-order valence-corrected chi connectivity index (χ3v) is 4.39. The Morgan fingerprint density at radius 2 is 2.14 bits per heavy atom. The number of Topliss-reactive ketones (excluding diaryl/α,β-unsaturated/α-hetero) is 1. The second-order valence-electron chi connectivity index (χ2n) is 4.97. The molecule has 3 nitrogen and oxygen atoms in total. The van der Waals surface area contributed by atoms with Crippen molar-refractivity contribution in [3.8, 4) is 0 Å². The number of hydrogen-bond acceptors (Lipinski definition) is 3. The van der Waals surface area contributed by atoms with Crippen LogP contribution >= 0.6 is 0 Å². The van der Waals surface area contributed by atoms with E-state index in [0.717, 1.165) is 6.42 Å². The van der Waals surface area contributed by atoms with Crippen LogP contribution in [-0.4, -0.2) is 29.2 Å². The Labute approximate surface area is 81.7 Å². The average Bonchev–Trinajstić information content (AvgIpc) is 2.74. The highest BCUT2D eigenvalue weighted by atomic mass is 16.6. The molecule has 0 aromatic rings. The van der Waals surface area contributed by atoms with Crippen LogP contribution < -0.4 is 0 Å². The fourth-order valence-corrected chi connectivity index (χ4v) is 3.75. The van der Waals surface area contributed by atoms with Crippen LogP contribution in [0.5, 0.6) is 0 Å². The largest absolute Gasteiger partial charge is 0.390 e. The van der Waals surface area contributed by atoms with Gasteiger partial charge < -0.3 is 9.84 Å². The molecule has 4 rings (SSSR count). The van der Waals surface area contributed by atoms with Gasteiger partial charge in [0.1, 0.15) is 12.2 Å². The van der Waals surface area contributed by atoms with Gasteiger partial charge in [-0.1, -0.05) is 12.2 Å². The first-order valence-electron chi connectivity index (χ1n) is 5.33. The number of aliphatic hydroxyl groups excluding tert-OH is 1. The van der Waals surface area contributed by atoms with Crippen molar-refractivity contribution in [3.05, 3.63) is 12.2 Å². The second-order valence-corrected chi connectivity index (χ2v) is 4.97. The number of aliphatic hydroxyl groups is 1. The molecule has 1 N–H and O–H groups in total. The van der Waals surface area contributed by atoms with Gasteiger partial charge in [0.25, 0.3) is 0 Å². The lowest BCUT2D eigenvalue weighted by Gasteiger charge is -2.32. The van der Waals surface area contributed by atoms with Crippen LogP contribution in [0.4, 0.5) is 0 Å². The van der Waals surface area contributed by atoms with Crippen LogP contribution in [0, 0.1) is 23.7 Å². The van der Waals surface area contributed by atoms with Gasteiger partial charge in [-0.2, -0.15) is 0 Å². The number of hydrogen-bond donors (Lipinski definition) is 1. The SMILES string of the molecule is O=C1[C@@H]2[C@H]([C@@H](O)[C@@H]3O[C@H]13)[C@@H]1C=C[C@H]2C1. The highest BCUT2D eigenvalue weighted by molar-refractivity contribution is 5.91. The highest BCUT2D eigenvalue weighted by Crippen LogP contribution is 2.56. The summed E-state index contributed by atoms with van der Waals surface area (Å²) in [5.74, 6) is 1.28. The Bertz CT molecular complexity index is 348. The van der Waals surface area contributed by atoms with Gasteiger partial charge in [-0.25, -0.2) is 0 Å². The average molecular weight is 192 g/mol. The summed E-state index contributed by atoms with van der Waals surface area (Å²) in [6.07, 6.45) is 4.56. The Morgan fingerprint density at radius 3 is 3.00 bits per heavy atom. The molecule has 0 amide bonds. The number of ether oxygens (including phenoxy) is 1. The summed E-state index contributed by atoms with van der Waals surface area (Å²) in [7, 11) is 0. The number of epoxide rings is 1. The maximum Gasteiger partial charge on any atom is 0.168 e. The molecule has 14 heavy (non-hydrogen) atoms. The van der Waals surface area contributed by atoms with E-state index in [9.17, 15) is 9.90 Å². The van der Waals surface area contributed by atoms with Crippen LogP contribution in [0.25, 0.3) is 0 Å². The Hall–Kier alpha value is -0.670. The first-order chi connectivity index (χ1) is 6.77. The molecule has 0 aromatic heterocycles. The van der Waals surface area contributed by atoms with Crippen LogP contribution in [0.1, 0.15) is 6.42 Å². The van der Waals surface area contributed by atoms with Gasteiger partial charge in [0.15, 0.2) is 5.78 Å². The van der Waals surface area contributed by atoms with Gasteiger partial charge in [-0.15, -0.1) is 0 Å². The first kappa shape index (κ1) is 7.60. The summed E-state index contributed by atoms with van der Waals surface area (Å²) in [6, 6.07) is 0. The standard InChI is InChI=1S/C11H12O3/c12-8-6-4-1-2-5(3-4)7(6)9(13)11-10(8)14-11/h1-2,4-8,10-12H,3H2/t4-,5+,6-,7+,8-,10+,11-/m1/s1. The van der Waals surface area contributed by atoms with Crippen molar-refractivity contribution in [2.75, 3.05) is 0 Å². The van der Waals surface area contributed by atoms with Gasteiger partial charge in [0, 0.05) is 11.8 Å². The maximum atomic E-state index is 11.9. The first-order valence-corrected chi connectivity index (χ1v) is 5.33. The summed E-state index contributed by atoms with van der Waals surface area (Å²) < 4.78 is 5.24. The van der Waals surface area contributed by atoms with E-state index in [1.807, 2.05) is 0 Å². The zero-order chi connectivity index (χ0) is 9.45. The number of carbonyl (C=O) groups excluding carboxylic acids is 1. The number of allylic oxidation sites excluding steroid dienone is 2. The van der Waals surface area contributed by atoms with Crippen LogP contribution in [0.3, 0.4) is 0 Å². The molecule has 4 aliphatic rings. The minimum atomic E-state index is -0.400. The van der Waals surface area contributed by atoms with E-state index in [1.54, 1.807) is 0 Å². The molecule has 1 saturated heterocycles. The van der Waals surface area contributed by atoms with E-state index in [2.05, 4.69) is 12.2 Å². The van der Waals surface area contributed by atoms with Crippen molar-refractivity contribution in [2.45, 2.75) is 24.7 Å². The molecule has 0 unspecified atom stereocenters. The summed E-state index contributed by atoms with van der Waals surface area (Å²) in [4.78, 5) is 11.9. The van der Waals surface area contributed by atoms with E-state index in [-0.39, 0.29) is 29.8 Å². The molecule has 2 bridgehead atoms. The van der Waals surface area contributed by atoms with Crippen LogP contribution in [0.15, 0.2) is 12.2 Å². The minimum Gasteiger partial charge on any atom is -0.390 e. The predicted octanol–water partition coefficient (Wildman–Crippen LogP) is 0.136. The Balaban J connectivity index is 1.80. The summed E-state index contributed by atoms with van der Waals surface area (Å²) >= 11 is 0. The molecule has 3 aliphatic carbocycles. The third-order valence-electron chi connectivity index (χ3n) is 4.39. The van der Waals surface area contributed by atoms with Gasteiger partial charge in [0.2, 0.25) is 0 Å². The zero-order valence-electron chi connectivity index (χ0n) is 7.67. The fourth-order valence-electron chi connectivity index (χ4n) is 3.75. The molecule has 7 atom stereocenters. The number of ketones is 1. The van der Waals surface area contributed by atoms with Crippen molar-refractivity contribution in [1.29, 1.82) is 0 Å². The monoisotopic (exact) mass is 192 g/mol. The van der Waals surface area contributed by atoms with Gasteiger partial charge in [-0.05, 0) is 18.3 Å². The lowest BCUT2D eigenvalue weighted by Crippen LogP contribution is -2.45. The number of rotatable bonds is 0. The lowest BCUT2D eigenvalue weighted by atomic mass is 9.71. The van der Waals surface area contributed by atoms with Crippen LogP contribution in [-0.2, 0) is 9.53 Å². The quantitative estimate of drug-likeness (QED) is 0.438. The van der Waals surface area contributed by atoms with Crippen molar-refractivity contribution in [2.24, 2.45) is 23.7 Å². The minimum absolute atomic E-state index is 0.0590. The van der Waals surface area contributed by atoms with E-state index < -0.39 is 6.10 Å². The highest BCUT2D eigenvalue weighted by Gasteiger charge is 2.65. The Morgan fingerprint density at radius 1 is 1.36 bits per heavy atom. The molecule has 1 aliphatic heterocycles. The third kappa shape index (κ3) is 0.675. The molecule has 0 aromatic carbocycles. The van der Waals surface area contributed by atoms with E-state index in [4.69, 9.17) is 4.74 Å². The smallest absolute Gasteiger partial charge is 0.168 e. The zero-order valence-corrected chi connectivity index (χ0v) is 7.67. The summed E-state index contributed by atoms with van der Waals surface area (Å²) in [6.45, 7) is 0. The molecule has 3 heteroatoms. The van der Waals surface area contributed by atoms with Gasteiger partial charge >= 0.3 is 0 Å². The summed E-state index contributed by atoms with van der Waals surface area (Å²) in [5.41, 5.74) is 0. The predicted molar refractivity (Wildman–Crippen MR) is 47.4 cm³/mol. The molecular formula is C11H12O3. The van der Waals surface area contributed by atoms with E-state index in [0.29, 0.717) is 11.8 Å². The van der Waals surface area contributed by atoms with Crippen molar-refractivity contribution >= 4 is 5.78 Å². The summed E-state index contributed by atoms with van der Waals surface area (Å²) in [5, 5.41) is 10.0. The molecule has 0 radical (unpaired) electrons. The molecule has 3 fully saturated rings. The van der Waals surface area contributed by atoms with Gasteiger partial charge in [0.05, 0.1) is 6.10 Å². The number of carbonyl (C=O) groups is 1. The molecule has 1 heterocycles. The van der Waals surface area contributed by atoms with E-state index in [1.165, 1.54) is 0 Å². The molecular weight excluding hydrogens is 180 g/mol. The van der Waals surface area contributed by atoms with Crippen molar-refractivity contribution < 1.29 is 14.6 Å². The topological polar surface area (TPSA) is 49.8 Å². The molecule has 0 spiro atoms. The molecule has 2 saturated carbocycles. The molecule has 74 valence electrons. The van der Waals surface area contributed by atoms with Crippen molar-refractivity contribution in [3.63, 3.8) is 0 Å².